The van der Waals surface area contributed by atoms with Gasteiger partial charge >= 0.3 is 5.97 Å². The Morgan fingerprint density at radius 1 is 1.22 bits per heavy atom. The third-order valence-corrected chi connectivity index (χ3v) is 5.44. The Labute approximate surface area is 136 Å². The average molecular weight is 314 g/mol. The van der Waals surface area contributed by atoms with Crippen molar-refractivity contribution in [3.05, 3.63) is 45.3 Å². The van der Waals surface area contributed by atoms with E-state index in [2.05, 4.69) is 6.92 Å². The highest BCUT2D eigenvalue weighted by Gasteiger charge is 2.28. The molecule has 3 heteroatoms. The van der Waals surface area contributed by atoms with Crippen LogP contribution in [0, 0.1) is 32.5 Å². The first-order valence-electron chi connectivity index (χ1n) is 8.33. The largest absolute Gasteiger partial charge is 0.478 e. The van der Waals surface area contributed by atoms with Crippen molar-refractivity contribution in [3.63, 3.8) is 0 Å². The van der Waals surface area contributed by atoms with E-state index in [-0.39, 0.29) is 5.56 Å². The molecule has 23 heavy (non-hydrogen) atoms. The molecular weight excluding hydrogens is 291 g/mol. The van der Waals surface area contributed by atoms with Crippen LogP contribution in [0.3, 0.4) is 0 Å². The van der Waals surface area contributed by atoms with Crippen molar-refractivity contribution in [2.75, 3.05) is 0 Å². The summed E-state index contributed by atoms with van der Waals surface area (Å²) in [7, 11) is 0. The van der Waals surface area contributed by atoms with Crippen LogP contribution in [0.1, 0.15) is 57.9 Å². The Morgan fingerprint density at radius 2 is 1.87 bits per heavy atom. The summed E-state index contributed by atoms with van der Waals surface area (Å²) in [6.07, 6.45) is 4.38. The number of aryl methyl sites for hydroxylation is 2. The second kappa shape index (κ2) is 5.63. The summed E-state index contributed by atoms with van der Waals surface area (Å²) in [5.41, 5.74) is 4.92. The van der Waals surface area contributed by atoms with E-state index in [9.17, 15) is 14.3 Å². The third kappa shape index (κ3) is 2.34. The Balaban J connectivity index is 2.35. The fourth-order valence-electron chi connectivity index (χ4n) is 4.22. The molecule has 1 aliphatic carbocycles. The van der Waals surface area contributed by atoms with E-state index in [1.54, 1.807) is 6.92 Å². The maximum absolute atomic E-state index is 15.0. The van der Waals surface area contributed by atoms with Crippen molar-refractivity contribution in [1.29, 1.82) is 0 Å². The minimum atomic E-state index is -1.19. The Kier molecular flexibility index (Phi) is 3.91. The van der Waals surface area contributed by atoms with Gasteiger partial charge in [0.05, 0.1) is 5.56 Å². The lowest BCUT2D eigenvalue weighted by Gasteiger charge is -2.16. The predicted molar refractivity (Wildman–Crippen MR) is 90.9 cm³/mol. The van der Waals surface area contributed by atoms with Gasteiger partial charge in [0.15, 0.2) is 0 Å². The molecule has 0 saturated heterocycles. The van der Waals surface area contributed by atoms with Crippen molar-refractivity contribution in [2.45, 2.75) is 53.4 Å². The highest BCUT2D eigenvalue weighted by atomic mass is 19.1. The normalized spacial score (nSPS) is 16.8. The Morgan fingerprint density at radius 3 is 2.48 bits per heavy atom. The highest BCUT2D eigenvalue weighted by molar-refractivity contribution is 6.00. The van der Waals surface area contributed by atoms with Crippen LogP contribution < -0.4 is 0 Å². The summed E-state index contributed by atoms with van der Waals surface area (Å²) in [5.74, 6) is -1.14. The molecule has 0 amide bonds. The standard InChI is InChI=1S/C20H23FO2/c1-5-6-13-8-14-11(3)12(4)18-16(15(14)9-13)7-10(2)17(19(18)21)20(22)23/h7,13H,5-6,8-9H2,1-4H3,(H,22,23). The Hall–Kier alpha value is -1.90. The lowest BCUT2D eigenvalue weighted by molar-refractivity contribution is 0.0691. The first-order chi connectivity index (χ1) is 10.9. The lowest BCUT2D eigenvalue weighted by atomic mass is 9.89. The quantitative estimate of drug-likeness (QED) is 0.854. The molecule has 0 fully saturated rings. The SMILES string of the molecule is CCCC1Cc2c(C)c(C)c3c(F)c(C(=O)O)c(C)cc3c2C1. The molecule has 1 aliphatic rings. The molecular formula is C20H23FO2. The molecule has 0 heterocycles. The number of benzene rings is 2. The van der Waals surface area contributed by atoms with Crippen molar-refractivity contribution in [2.24, 2.45) is 5.92 Å². The fraction of sp³-hybridized carbons (Fsp3) is 0.450. The van der Waals surface area contributed by atoms with E-state index >= 15 is 0 Å². The number of rotatable bonds is 3. The van der Waals surface area contributed by atoms with Gasteiger partial charge in [0, 0.05) is 5.39 Å². The molecule has 0 saturated carbocycles. The summed E-state index contributed by atoms with van der Waals surface area (Å²) >= 11 is 0. The summed E-state index contributed by atoms with van der Waals surface area (Å²) < 4.78 is 15.0. The maximum Gasteiger partial charge on any atom is 0.338 e. The zero-order valence-corrected chi connectivity index (χ0v) is 14.2. The smallest absolute Gasteiger partial charge is 0.338 e. The molecule has 0 radical (unpaired) electrons. The first-order valence-corrected chi connectivity index (χ1v) is 8.33. The molecule has 2 nitrogen and oxygen atoms in total. The minimum Gasteiger partial charge on any atom is -0.478 e. The van der Waals surface area contributed by atoms with Crippen LogP contribution in [0.4, 0.5) is 4.39 Å². The Bertz CT molecular complexity index is 821. The van der Waals surface area contributed by atoms with Crippen LogP contribution in [0.25, 0.3) is 10.8 Å². The van der Waals surface area contributed by atoms with Crippen molar-refractivity contribution in [1.82, 2.24) is 0 Å². The second-order valence-electron chi connectivity index (χ2n) is 6.88. The topological polar surface area (TPSA) is 37.3 Å². The fourth-order valence-corrected chi connectivity index (χ4v) is 4.22. The number of hydrogen-bond donors (Lipinski definition) is 1. The summed E-state index contributed by atoms with van der Waals surface area (Å²) in [6, 6.07) is 1.88. The molecule has 0 bridgehead atoms. The predicted octanol–water partition coefficient (Wildman–Crippen LogP) is 5.12. The molecule has 0 spiro atoms. The molecule has 2 aromatic rings. The summed E-state index contributed by atoms with van der Waals surface area (Å²) in [5, 5.41) is 10.8. The number of aromatic carboxylic acids is 1. The van der Waals surface area contributed by atoms with Crippen LogP contribution >= 0.6 is 0 Å². The number of hydrogen-bond acceptors (Lipinski definition) is 1. The molecule has 3 rings (SSSR count). The number of halogens is 1. The summed E-state index contributed by atoms with van der Waals surface area (Å²) in [4.78, 5) is 11.4. The van der Waals surface area contributed by atoms with Gasteiger partial charge in [0.25, 0.3) is 0 Å². The molecule has 0 aliphatic heterocycles. The average Bonchev–Trinajstić information content (AvgIpc) is 2.88. The zero-order chi connectivity index (χ0) is 16.9. The monoisotopic (exact) mass is 314 g/mol. The van der Waals surface area contributed by atoms with Gasteiger partial charge in [-0.3, -0.25) is 0 Å². The van der Waals surface area contributed by atoms with E-state index in [0.29, 0.717) is 16.9 Å². The van der Waals surface area contributed by atoms with Crippen LogP contribution in [0.2, 0.25) is 0 Å². The number of carbonyl (C=O) groups is 1. The molecule has 0 aromatic heterocycles. The molecule has 1 atom stereocenters. The van der Waals surface area contributed by atoms with E-state index in [4.69, 9.17) is 0 Å². The van der Waals surface area contributed by atoms with Crippen LogP contribution in [0.15, 0.2) is 6.07 Å². The number of fused-ring (bicyclic) bond motifs is 3. The van der Waals surface area contributed by atoms with E-state index < -0.39 is 11.8 Å². The second-order valence-corrected chi connectivity index (χ2v) is 6.88. The van der Waals surface area contributed by atoms with Crippen LogP contribution in [0.5, 0.6) is 0 Å². The van der Waals surface area contributed by atoms with Gasteiger partial charge in [-0.2, -0.15) is 0 Å². The van der Waals surface area contributed by atoms with Gasteiger partial charge in [0.1, 0.15) is 5.82 Å². The van der Waals surface area contributed by atoms with Crippen molar-refractivity contribution >= 4 is 16.7 Å². The molecule has 122 valence electrons. The highest BCUT2D eigenvalue weighted by Crippen LogP contribution is 2.41. The van der Waals surface area contributed by atoms with Gasteiger partial charge < -0.3 is 5.11 Å². The summed E-state index contributed by atoms with van der Waals surface area (Å²) in [6.45, 7) is 7.84. The van der Waals surface area contributed by atoms with Gasteiger partial charge in [-0.15, -0.1) is 0 Å². The number of carboxylic acid groups (broad SMARTS) is 1. The van der Waals surface area contributed by atoms with Gasteiger partial charge in [-0.1, -0.05) is 25.8 Å². The third-order valence-electron chi connectivity index (χ3n) is 5.44. The molecule has 2 aromatic carbocycles. The number of carboxylic acids is 1. The molecule has 1 N–H and O–H groups in total. The maximum atomic E-state index is 15.0. The molecule has 1 unspecified atom stereocenters. The van der Waals surface area contributed by atoms with Crippen molar-refractivity contribution < 1.29 is 14.3 Å². The van der Waals surface area contributed by atoms with Crippen LogP contribution in [-0.4, -0.2) is 11.1 Å². The minimum absolute atomic E-state index is 0.192. The van der Waals surface area contributed by atoms with Gasteiger partial charge in [-0.05, 0) is 72.7 Å². The first kappa shape index (κ1) is 16.0. The van der Waals surface area contributed by atoms with Gasteiger partial charge in [0.2, 0.25) is 0 Å². The van der Waals surface area contributed by atoms with Crippen LogP contribution in [-0.2, 0) is 12.8 Å². The van der Waals surface area contributed by atoms with Gasteiger partial charge in [-0.25, -0.2) is 9.18 Å². The van der Waals surface area contributed by atoms with Crippen molar-refractivity contribution in [3.8, 4) is 0 Å². The van der Waals surface area contributed by atoms with E-state index in [0.717, 1.165) is 35.8 Å². The zero-order valence-electron chi connectivity index (χ0n) is 14.2. The van der Waals surface area contributed by atoms with E-state index in [1.165, 1.54) is 17.5 Å². The lowest BCUT2D eigenvalue weighted by Crippen LogP contribution is -2.07. The van der Waals surface area contributed by atoms with E-state index in [1.807, 2.05) is 19.9 Å².